The first kappa shape index (κ1) is 19.7. The molecule has 1 atom stereocenters. The van der Waals surface area contributed by atoms with Gasteiger partial charge in [-0.25, -0.2) is 9.18 Å². The zero-order valence-corrected chi connectivity index (χ0v) is 16.1. The van der Waals surface area contributed by atoms with E-state index in [1.165, 1.54) is 17.0 Å². The minimum Gasteiger partial charge on any atom is -0.489 e. The number of β-amino-alcohol motifs (C(OH)–C–C–N with tert-alkyl or cyclic N) is 1. The predicted molar refractivity (Wildman–Crippen MR) is 106 cm³/mol. The molecule has 0 radical (unpaired) electrons. The summed E-state index contributed by atoms with van der Waals surface area (Å²) in [5.74, 6) is 0.228. The molecule has 154 valence electrons. The van der Waals surface area contributed by atoms with Gasteiger partial charge in [-0.1, -0.05) is 24.3 Å². The number of benzene rings is 2. The normalized spacial score (nSPS) is 20.6. The van der Waals surface area contributed by atoms with Gasteiger partial charge in [0.25, 0.3) is 0 Å². The molecule has 0 aliphatic carbocycles. The molecule has 2 aromatic carbocycles. The quantitative estimate of drug-likeness (QED) is 0.806. The van der Waals surface area contributed by atoms with Gasteiger partial charge in [-0.3, -0.25) is 0 Å². The van der Waals surface area contributed by atoms with Crippen molar-refractivity contribution >= 4 is 11.7 Å². The van der Waals surface area contributed by atoms with Gasteiger partial charge in [-0.2, -0.15) is 0 Å². The number of hydrogen-bond donors (Lipinski definition) is 2. The molecule has 2 aliphatic rings. The first-order chi connectivity index (χ1) is 14.0. The van der Waals surface area contributed by atoms with Gasteiger partial charge in [0.05, 0.1) is 24.9 Å². The number of rotatable bonds is 5. The van der Waals surface area contributed by atoms with Gasteiger partial charge in [-0.05, 0) is 49.1 Å². The van der Waals surface area contributed by atoms with Crippen molar-refractivity contribution in [3.05, 3.63) is 59.9 Å². The number of urea groups is 1. The summed E-state index contributed by atoms with van der Waals surface area (Å²) in [5, 5.41) is 13.5. The first-order valence-electron chi connectivity index (χ1n) is 9.91. The van der Waals surface area contributed by atoms with Crippen LogP contribution >= 0.6 is 0 Å². The molecule has 4 rings (SSSR count). The molecule has 0 saturated carbocycles. The molecule has 2 aromatic rings. The van der Waals surface area contributed by atoms with E-state index < -0.39 is 5.60 Å². The third-order valence-electron chi connectivity index (χ3n) is 5.40. The van der Waals surface area contributed by atoms with Crippen LogP contribution in [0.25, 0.3) is 0 Å². The van der Waals surface area contributed by atoms with Gasteiger partial charge in [0.15, 0.2) is 0 Å². The fourth-order valence-corrected chi connectivity index (χ4v) is 3.68. The van der Waals surface area contributed by atoms with Gasteiger partial charge in [0, 0.05) is 6.61 Å². The molecule has 2 saturated heterocycles. The average Bonchev–Trinajstić information content (AvgIpc) is 2.72. The Morgan fingerprint density at radius 3 is 2.69 bits per heavy atom. The van der Waals surface area contributed by atoms with Gasteiger partial charge >= 0.3 is 6.03 Å². The lowest BCUT2D eigenvalue weighted by molar-refractivity contribution is -0.0793. The van der Waals surface area contributed by atoms with Crippen molar-refractivity contribution < 1.29 is 23.8 Å². The van der Waals surface area contributed by atoms with Crippen molar-refractivity contribution in [2.75, 3.05) is 31.6 Å². The number of ether oxygens (including phenoxy) is 2. The summed E-state index contributed by atoms with van der Waals surface area (Å²) < 4.78 is 24.7. The van der Waals surface area contributed by atoms with E-state index in [2.05, 4.69) is 5.32 Å². The van der Waals surface area contributed by atoms with Crippen LogP contribution in [0.2, 0.25) is 0 Å². The van der Waals surface area contributed by atoms with E-state index in [1.54, 1.807) is 18.2 Å². The van der Waals surface area contributed by atoms with Gasteiger partial charge in [0.1, 0.15) is 23.8 Å². The molecule has 2 aliphatic heterocycles. The molecule has 7 heteroatoms. The Balaban J connectivity index is 1.34. The van der Waals surface area contributed by atoms with Crippen LogP contribution in [0.5, 0.6) is 5.75 Å². The van der Waals surface area contributed by atoms with Crippen LogP contribution in [0.15, 0.2) is 48.5 Å². The van der Waals surface area contributed by atoms with E-state index in [-0.39, 0.29) is 31.0 Å². The zero-order chi connectivity index (χ0) is 20.3. The Morgan fingerprint density at radius 2 is 1.97 bits per heavy atom. The van der Waals surface area contributed by atoms with Gasteiger partial charge in [-0.15, -0.1) is 0 Å². The summed E-state index contributed by atoms with van der Waals surface area (Å²) in [4.78, 5) is 14.1. The summed E-state index contributed by atoms with van der Waals surface area (Å²) >= 11 is 0. The SMILES string of the molecule is O=C(Nc1ccccc1OCC1CCCCO1)N1CC(O)(c2ccc(F)cc2)C1. The number of para-hydroxylation sites is 2. The zero-order valence-electron chi connectivity index (χ0n) is 16.1. The Kier molecular flexibility index (Phi) is 5.69. The van der Waals surface area contributed by atoms with E-state index in [4.69, 9.17) is 9.47 Å². The molecule has 2 heterocycles. The molecular weight excluding hydrogens is 375 g/mol. The Bertz CT molecular complexity index is 846. The standard InChI is InChI=1S/C22H25FN2O4/c23-17-10-8-16(9-11-17)22(27)14-25(15-22)21(26)24-19-6-1-2-7-20(19)29-13-18-5-3-4-12-28-18/h1-2,6-11,18,27H,3-5,12-15H2,(H,24,26). The summed E-state index contributed by atoms with van der Waals surface area (Å²) in [5.41, 5.74) is 0.0176. The maximum atomic E-state index is 13.1. The second kappa shape index (κ2) is 8.39. The highest BCUT2D eigenvalue weighted by Gasteiger charge is 2.45. The van der Waals surface area contributed by atoms with Crippen LogP contribution in [0, 0.1) is 5.82 Å². The minimum absolute atomic E-state index is 0.0774. The lowest BCUT2D eigenvalue weighted by Gasteiger charge is -2.46. The molecule has 0 bridgehead atoms. The van der Waals surface area contributed by atoms with Crippen LogP contribution < -0.4 is 10.1 Å². The molecule has 2 amide bonds. The van der Waals surface area contributed by atoms with Gasteiger partial charge < -0.3 is 24.8 Å². The highest BCUT2D eigenvalue weighted by Crippen LogP contribution is 2.33. The Hall–Kier alpha value is -2.64. The monoisotopic (exact) mass is 400 g/mol. The predicted octanol–water partition coefficient (Wildman–Crippen LogP) is 3.51. The highest BCUT2D eigenvalue weighted by molar-refractivity contribution is 5.91. The van der Waals surface area contributed by atoms with Crippen molar-refractivity contribution in [1.29, 1.82) is 0 Å². The van der Waals surface area contributed by atoms with Crippen LogP contribution in [0.4, 0.5) is 14.9 Å². The summed E-state index contributed by atoms with van der Waals surface area (Å²) in [6, 6.07) is 12.6. The number of amides is 2. The van der Waals surface area contributed by atoms with Crippen LogP contribution in [-0.2, 0) is 10.3 Å². The third-order valence-corrected chi connectivity index (χ3v) is 5.40. The number of carbonyl (C=O) groups is 1. The van der Waals surface area contributed by atoms with Crippen LogP contribution in [0.3, 0.4) is 0 Å². The fraction of sp³-hybridized carbons (Fsp3) is 0.409. The van der Waals surface area contributed by atoms with E-state index in [1.807, 2.05) is 18.2 Å². The lowest BCUT2D eigenvalue weighted by atomic mass is 9.86. The molecule has 29 heavy (non-hydrogen) atoms. The smallest absolute Gasteiger partial charge is 0.322 e. The largest absolute Gasteiger partial charge is 0.489 e. The number of aliphatic hydroxyl groups is 1. The summed E-state index contributed by atoms with van der Waals surface area (Å²) in [6.07, 6.45) is 3.28. The number of likely N-dealkylation sites (tertiary alicyclic amines) is 1. The Morgan fingerprint density at radius 1 is 1.21 bits per heavy atom. The highest BCUT2D eigenvalue weighted by atomic mass is 19.1. The van der Waals surface area contributed by atoms with E-state index in [0.29, 0.717) is 23.6 Å². The molecule has 1 unspecified atom stereocenters. The second-order valence-corrected chi connectivity index (χ2v) is 7.62. The number of nitrogens with zero attached hydrogens (tertiary/aromatic N) is 1. The first-order valence-corrected chi connectivity index (χ1v) is 9.91. The molecular formula is C22H25FN2O4. The van der Waals surface area contributed by atoms with Crippen molar-refractivity contribution in [2.24, 2.45) is 0 Å². The van der Waals surface area contributed by atoms with Crippen molar-refractivity contribution in [1.82, 2.24) is 4.90 Å². The molecule has 6 nitrogen and oxygen atoms in total. The number of halogens is 1. The minimum atomic E-state index is -1.15. The number of hydrogen-bond acceptors (Lipinski definition) is 4. The fourth-order valence-electron chi connectivity index (χ4n) is 3.68. The van der Waals surface area contributed by atoms with E-state index >= 15 is 0 Å². The van der Waals surface area contributed by atoms with Crippen LogP contribution in [0.1, 0.15) is 24.8 Å². The second-order valence-electron chi connectivity index (χ2n) is 7.62. The molecule has 0 spiro atoms. The maximum Gasteiger partial charge on any atom is 0.322 e. The van der Waals surface area contributed by atoms with E-state index in [9.17, 15) is 14.3 Å². The Labute approximate surface area is 169 Å². The molecule has 2 fully saturated rings. The van der Waals surface area contributed by atoms with Gasteiger partial charge in [0.2, 0.25) is 0 Å². The average molecular weight is 400 g/mol. The molecule has 2 N–H and O–H groups in total. The van der Waals surface area contributed by atoms with E-state index in [0.717, 1.165) is 25.9 Å². The maximum absolute atomic E-state index is 13.1. The van der Waals surface area contributed by atoms with Crippen molar-refractivity contribution in [3.63, 3.8) is 0 Å². The van der Waals surface area contributed by atoms with Crippen molar-refractivity contribution in [3.8, 4) is 5.75 Å². The lowest BCUT2D eigenvalue weighted by Crippen LogP contribution is -2.62. The van der Waals surface area contributed by atoms with Crippen molar-refractivity contribution in [2.45, 2.75) is 31.0 Å². The third kappa shape index (κ3) is 4.52. The number of carbonyl (C=O) groups excluding carboxylic acids is 1. The number of nitrogens with one attached hydrogen (secondary N) is 1. The topological polar surface area (TPSA) is 71.0 Å². The number of anilines is 1. The molecule has 0 aromatic heterocycles. The summed E-state index contributed by atoms with van der Waals surface area (Å²) in [7, 11) is 0. The van der Waals surface area contributed by atoms with Crippen LogP contribution in [-0.4, -0.2) is 48.4 Å². The summed E-state index contributed by atoms with van der Waals surface area (Å²) in [6.45, 7) is 1.49.